The molecule has 0 aliphatic carbocycles. The van der Waals surface area contributed by atoms with Crippen molar-refractivity contribution in [2.45, 2.75) is 25.8 Å². The summed E-state index contributed by atoms with van der Waals surface area (Å²) in [7, 11) is 0. The second-order valence-electron chi connectivity index (χ2n) is 5.27. The van der Waals surface area contributed by atoms with Gasteiger partial charge in [0.05, 0.1) is 12.3 Å². The summed E-state index contributed by atoms with van der Waals surface area (Å²) in [5, 5.41) is -0.348. The van der Waals surface area contributed by atoms with Gasteiger partial charge in [0.1, 0.15) is 28.5 Å². The van der Waals surface area contributed by atoms with Gasteiger partial charge in [-0.05, 0) is 37.6 Å². The van der Waals surface area contributed by atoms with E-state index in [9.17, 15) is 13.6 Å². The number of rotatable bonds is 3. The van der Waals surface area contributed by atoms with E-state index in [1.165, 1.54) is 34.9 Å². The molecule has 1 unspecified atom stereocenters. The van der Waals surface area contributed by atoms with Crippen molar-refractivity contribution in [3.05, 3.63) is 58.5 Å². The topological polar surface area (TPSA) is 33.5 Å². The molecule has 0 saturated carbocycles. The van der Waals surface area contributed by atoms with Gasteiger partial charge in [0, 0.05) is 5.56 Å². The van der Waals surface area contributed by atoms with Gasteiger partial charge in [-0.1, -0.05) is 6.07 Å². The van der Waals surface area contributed by atoms with Crippen LogP contribution in [0.5, 0.6) is 0 Å². The molecule has 1 aliphatic heterocycles. The number of furan rings is 1. The van der Waals surface area contributed by atoms with Gasteiger partial charge >= 0.3 is 0 Å². The minimum atomic E-state index is -0.643. The Labute approximate surface area is 131 Å². The third-order valence-corrected chi connectivity index (χ3v) is 5.00. The van der Waals surface area contributed by atoms with Crippen LogP contribution < -0.4 is 0 Å². The lowest BCUT2D eigenvalue weighted by atomic mass is 10.1. The SMILES string of the molecule is Cc1cc(C2SCC(=O)N2Cc2c(F)cccc2F)oc1C. The molecule has 0 bridgehead atoms. The maximum Gasteiger partial charge on any atom is 0.234 e. The van der Waals surface area contributed by atoms with Crippen LogP contribution in [-0.2, 0) is 11.3 Å². The molecule has 1 amide bonds. The number of hydrogen-bond acceptors (Lipinski definition) is 3. The lowest BCUT2D eigenvalue weighted by Crippen LogP contribution is -2.28. The Balaban J connectivity index is 1.91. The second kappa shape index (κ2) is 5.76. The minimum absolute atomic E-state index is 0.0941. The lowest BCUT2D eigenvalue weighted by molar-refractivity contribution is -0.128. The molecule has 0 radical (unpaired) electrons. The number of nitrogens with zero attached hydrogens (tertiary/aromatic N) is 1. The van der Waals surface area contributed by atoms with Crippen LogP contribution in [0.4, 0.5) is 8.78 Å². The van der Waals surface area contributed by atoms with E-state index < -0.39 is 11.6 Å². The van der Waals surface area contributed by atoms with Gasteiger partial charge in [0.2, 0.25) is 5.91 Å². The van der Waals surface area contributed by atoms with Crippen molar-refractivity contribution < 1.29 is 18.0 Å². The van der Waals surface area contributed by atoms with Crippen LogP contribution in [0.3, 0.4) is 0 Å². The van der Waals surface area contributed by atoms with Crippen LogP contribution >= 0.6 is 11.8 Å². The standard InChI is InChI=1S/C16H15F2NO2S/c1-9-6-14(21-10(9)2)16-19(15(20)8-22-16)7-11-12(17)4-3-5-13(11)18/h3-6,16H,7-8H2,1-2H3. The van der Waals surface area contributed by atoms with Crippen LogP contribution in [-0.4, -0.2) is 16.6 Å². The van der Waals surface area contributed by atoms with Gasteiger partial charge in [0.15, 0.2) is 0 Å². The summed E-state index contributed by atoms with van der Waals surface area (Å²) >= 11 is 1.40. The van der Waals surface area contributed by atoms with E-state index in [2.05, 4.69) is 0 Å². The number of aryl methyl sites for hydroxylation is 2. The van der Waals surface area contributed by atoms with Gasteiger partial charge < -0.3 is 9.32 Å². The molecular formula is C16H15F2NO2S. The van der Waals surface area contributed by atoms with Crippen LogP contribution in [0.2, 0.25) is 0 Å². The molecule has 1 saturated heterocycles. The fourth-order valence-corrected chi connectivity index (χ4v) is 3.56. The molecule has 2 heterocycles. The van der Waals surface area contributed by atoms with E-state index >= 15 is 0 Å². The Bertz CT molecular complexity index is 689. The highest BCUT2D eigenvalue weighted by molar-refractivity contribution is 8.00. The normalized spacial score (nSPS) is 18.3. The van der Waals surface area contributed by atoms with Crippen LogP contribution in [0, 0.1) is 25.5 Å². The van der Waals surface area contributed by atoms with E-state index in [0.29, 0.717) is 5.76 Å². The number of carbonyl (C=O) groups excluding carboxylic acids is 1. The fourth-order valence-electron chi connectivity index (χ4n) is 2.44. The molecule has 6 heteroatoms. The monoisotopic (exact) mass is 323 g/mol. The number of halogens is 2. The predicted molar refractivity (Wildman–Crippen MR) is 80.3 cm³/mol. The summed E-state index contributed by atoms with van der Waals surface area (Å²) in [6.45, 7) is 3.67. The zero-order chi connectivity index (χ0) is 15.9. The van der Waals surface area contributed by atoms with Crippen molar-refractivity contribution in [2.24, 2.45) is 0 Å². The molecule has 3 rings (SSSR count). The summed E-state index contributed by atoms with van der Waals surface area (Å²) in [6, 6.07) is 5.58. The van der Waals surface area contributed by atoms with E-state index in [0.717, 1.165) is 11.3 Å². The lowest BCUT2D eigenvalue weighted by Gasteiger charge is -2.22. The molecule has 1 aromatic carbocycles. The first-order valence-corrected chi connectivity index (χ1v) is 7.93. The molecule has 2 aromatic rings. The molecule has 1 atom stereocenters. The smallest absolute Gasteiger partial charge is 0.234 e. The first-order valence-electron chi connectivity index (χ1n) is 6.88. The van der Waals surface area contributed by atoms with E-state index in [1.54, 1.807) is 0 Å². The van der Waals surface area contributed by atoms with Crippen LogP contribution in [0.15, 0.2) is 28.7 Å². The van der Waals surface area contributed by atoms with Crippen molar-refractivity contribution in [3.8, 4) is 0 Å². The first-order chi connectivity index (χ1) is 10.5. The van der Waals surface area contributed by atoms with Gasteiger partial charge in [-0.15, -0.1) is 11.8 Å². The molecular weight excluding hydrogens is 308 g/mol. The van der Waals surface area contributed by atoms with E-state index in [1.807, 2.05) is 19.9 Å². The Hall–Kier alpha value is -1.82. The molecule has 3 nitrogen and oxygen atoms in total. The van der Waals surface area contributed by atoms with Gasteiger partial charge in [-0.2, -0.15) is 0 Å². The number of amides is 1. The van der Waals surface area contributed by atoms with Crippen molar-refractivity contribution in [2.75, 3.05) is 5.75 Å². The molecule has 1 aromatic heterocycles. The minimum Gasteiger partial charge on any atom is -0.463 e. The van der Waals surface area contributed by atoms with Crippen molar-refractivity contribution in [1.82, 2.24) is 4.90 Å². The highest BCUT2D eigenvalue weighted by Crippen LogP contribution is 2.41. The van der Waals surface area contributed by atoms with E-state index in [4.69, 9.17) is 4.42 Å². The fraction of sp³-hybridized carbons (Fsp3) is 0.312. The third-order valence-electron chi connectivity index (χ3n) is 3.79. The Morgan fingerprint density at radius 2 is 2.00 bits per heavy atom. The number of benzene rings is 1. The number of carbonyl (C=O) groups is 1. The summed E-state index contributed by atoms with van der Waals surface area (Å²) in [4.78, 5) is 13.6. The van der Waals surface area contributed by atoms with E-state index in [-0.39, 0.29) is 29.1 Å². The quantitative estimate of drug-likeness (QED) is 0.857. The summed E-state index contributed by atoms with van der Waals surface area (Å²) in [5.74, 6) is 0.268. The van der Waals surface area contributed by atoms with Crippen LogP contribution in [0.25, 0.3) is 0 Å². The highest BCUT2D eigenvalue weighted by atomic mass is 32.2. The van der Waals surface area contributed by atoms with Crippen molar-refractivity contribution in [3.63, 3.8) is 0 Å². The molecule has 1 aliphatic rings. The molecule has 116 valence electrons. The predicted octanol–water partition coefficient (Wildman–Crippen LogP) is 3.95. The van der Waals surface area contributed by atoms with Gasteiger partial charge in [-0.25, -0.2) is 8.78 Å². The van der Waals surface area contributed by atoms with Crippen molar-refractivity contribution in [1.29, 1.82) is 0 Å². The Kier molecular flexibility index (Phi) is 3.95. The molecule has 22 heavy (non-hydrogen) atoms. The number of hydrogen-bond donors (Lipinski definition) is 0. The summed E-state index contributed by atoms with van der Waals surface area (Å²) < 4.78 is 33.3. The molecule has 0 spiro atoms. The average Bonchev–Trinajstić information content (AvgIpc) is 2.98. The maximum absolute atomic E-state index is 13.8. The first kappa shape index (κ1) is 15.1. The van der Waals surface area contributed by atoms with Crippen LogP contribution in [0.1, 0.15) is 28.0 Å². The third kappa shape index (κ3) is 2.63. The summed E-state index contributed by atoms with van der Waals surface area (Å²) in [6.07, 6.45) is 0. The Morgan fingerprint density at radius 1 is 1.32 bits per heavy atom. The zero-order valence-corrected chi connectivity index (χ0v) is 13.0. The largest absolute Gasteiger partial charge is 0.463 e. The molecule has 1 fully saturated rings. The molecule has 0 N–H and O–H groups in total. The Morgan fingerprint density at radius 3 is 2.59 bits per heavy atom. The zero-order valence-electron chi connectivity index (χ0n) is 12.2. The second-order valence-corrected chi connectivity index (χ2v) is 6.34. The van der Waals surface area contributed by atoms with Gasteiger partial charge in [0.25, 0.3) is 0 Å². The summed E-state index contributed by atoms with van der Waals surface area (Å²) in [5.41, 5.74) is 0.898. The number of thioether (sulfide) groups is 1. The maximum atomic E-state index is 13.8. The average molecular weight is 323 g/mol. The highest BCUT2D eigenvalue weighted by Gasteiger charge is 2.36. The van der Waals surface area contributed by atoms with Crippen molar-refractivity contribution >= 4 is 17.7 Å². The van der Waals surface area contributed by atoms with Gasteiger partial charge in [-0.3, -0.25) is 4.79 Å².